The predicted molar refractivity (Wildman–Crippen MR) is 102 cm³/mol. The van der Waals surface area contributed by atoms with E-state index in [2.05, 4.69) is 10.2 Å². The number of nitrogens with zero attached hydrogens (tertiary/aromatic N) is 1. The van der Waals surface area contributed by atoms with E-state index in [9.17, 15) is 9.18 Å². The lowest BCUT2D eigenvalue weighted by molar-refractivity contribution is -0.122. The van der Waals surface area contributed by atoms with Crippen molar-refractivity contribution >= 4 is 17.3 Å². The Morgan fingerprint density at radius 2 is 1.92 bits per heavy atom. The Morgan fingerprint density at radius 1 is 1.15 bits per heavy atom. The number of hydrogen-bond acceptors (Lipinski definition) is 3. The molecule has 5 heteroatoms. The van der Waals surface area contributed by atoms with E-state index < -0.39 is 6.10 Å². The lowest BCUT2D eigenvalue weighted by Gasteiger charge is -2.30. The molecular formula is C21H25FN2O2. The molecule has 0 bridgehead atoms. The molecule has 4 nitrogen and oxygen atoms in total. The fraction of sp³-hybridized carbons (Fsp3) is 0.381. The molecule has 138 valence electrons. The van der Waals surface area contributed by atoms with Crippen molar-refractivity contribution in [2.45, 2.75) is 39.2 Å². The second-order valence-corrected chi connectivity index (χ2v) is 6.78. The Hall–Kier alpha value is -2.56. The molecule has 1 saturated heterocycles. The quantitative estimate of drug-likeness (QED) is 0.856. The maximum absolute atomic E-state index is 13.8. The van der Waals surface area contributed by atoms with Gasteiger partial charge in [-0.25, -0.2) is 4.39 Å². The number of ether oxygens (including phenoxy) is 1. The molecule has 0 aliphatic carbocycles. The summed E-state index contributed by atoms with van der Waals surface area (Å²) in [6, 6.07) is 12.1. The number of amides is 1. The van der Waals surface area contributed by atoms with Gasteiger partial charge in [0.05, 0.1) is 11.4 Å². The Kier molecular flexibility index (Phi) is 5.76. The summed E-state index contributed by atoms with van der Waals surface area (Å²) in [5.41, 5.74) is 2.42. The first-order chi connectivity index (χ1) is 12.5. The molecule has 1 unspecified atom stereocenters. The summed E-state index contributed by atoms with van der Waals surface area (Å²) in [6.45, 7) is 5.50. The molecule has 2 aromatic carbocycles. The van der Waals surface area contributed by atoms with Crippen LogP contribution in [-0.4, -0.2) is 25.1 Å². The van der Waals surface area contributed by atoms with Crippen LogP contribution in [0.4, 0.5) is 15.8 Å². The summed E-state index contributed by atoms with van der Waals surface area (Å²) in [6.07, 6.45) is 2.74. The third-order valence-electron chi connectivity index (χ3n) is 4.58. The first kappa shape index (κ1) is 18.2. The second-order valence-electron chi connectivity index (χ2n) is 6.78. The number of aryl methyl sites for hydroxylation is 1. The maximum Gasteiger partial charge on any atom is 0.265 e. The largest absolute Gasteiger partial charge is 0.481 e. The van der Waals surface area contributed by atoms with Crippen LogP contribution in [-0.2, 0) is 4.79 Å². The van der Waals surface area contributed by atoms with Gasteiger partial charge in [-0.15, -0.1) is 0 Å². The third-order valence-corrected chi connectivity index (χ3v) is 4.58. The van der Waals surface area contributed by atoms with Crippen LogP contribution in [0.15, 0.2) is 42.5 Å². The minimum absolute atomic E-state index is 0.296. The highest BCUT2D eigenvalue weighted by atomic mass is 19.1. The highest BCUT2D eigenvalue weighted by molar-refractivity contribution is 5.97. The van der Waals surface area contributed by atoms with Crippen molar-refractivity contribution in [1.29, 1.82) is 0 Å². The van der Waals surface area contributed by atoms with Gasteiger partial charge in [0, 0.05) is 13.1 Å². The van der Waals surface area contributed by atoms with Gasteiger partial charge >= 0.3 is 0 Å². The SMILES string of the molecule is Cc1cccc(OC(C)C(=O)Nc2cc(F)ccc2N2CCCCC2)c1. The van der Waals surface area contributed by atoms with E-state index in [1.807, 2.05) is 31.2 Å². The minimum Gasteiger partial charge on any atom is -0.481 e. The topological polar surface area (TPSA) is 41.6 Å². The highest BCUT2D eigenvalue weighted by Gasteiger charge is 2.20. The summed E-state index contributed by atoms with van der Waals surface area (Å²) < 4.78 is 19.5. The smallest absolute Gasteiger partial charge is 0.265 e. The van der Waals surface area contributed by atoms with Crippen molar-refractivity contribution in [2.75, 3.05) is 23.3 Å². The van der Waals surface area contributed by atoms with E-state index in [1.165, 1.54) is 18.6 Å². The number of halogens is 1. The van der Waals surface area contributed by atoms with Crippen LogP contribution in [0, 0.1) is 12.7 Å². The van der Waals surface area contributed by atoms with E-state index >= 15 is 0 Å². The zero-order valence-corrected chi connectivity index (χ0v) is 15.3. The Balaban J connectivity index is 1.72. The number of anilines is 2. The zero-order chi connectivity index (χ0) is 18.5. The number of carbonyl (C=O) groups is 1. The van der Waals surface area contributed by atoms with Gasteiger partial charge in [-0.3, -0.25) is 4.79 Å². The van der Waals surface area contributed by atoms with Gasteiger partial charge in [0.1, 0.15) is 11.6 Å². The van der Waals surface area contributed by atoms with Gasteiger partial charge in [0.25, 0.3) is 5.91 Å². The van der Waals surface area contributed by atoms with E-state index in [1.54, 1.807) is 13.0 Å². The first-order valence-electron chi connectivity index (χ1n) is 9.11. The monoisotopic (exact) mass is 356 g/mol. The molecular weight excluding hydrogens is 331 g/mol. The van der Waals surface area contributed by atoms with Crippen molar-refractivity contribution < 1.29 is 13.9 Å². The first-order valence-corrected chi connectivity index (χ1v) is 9.11. The number of hydrogen-bond donors (Lipinski definition) is 1. The molecule has 26 heavy (non-hydrogen) atoms. The van der Waals surface area contributed by atoms with E-state index in [-0.39, 0.29) is 11.7 Å². The van der Waals surface area contributed by atoms with Crippen molar-refractivity contribution in [3.8, 4) is 5.75 Å². The van der Waals surface area contributed by atoms with Gasteiger partial charge in [-0.1, -0.05) is 12.1 Å². The standard InChI is InChI=1S/C21H25FN2O2/c1-15-7-6-8-18(13-15)26-16(2)21(25)23-19-14-17(22)9-10-20(19)24-11-4-3-5-12-24/h6-10,13-14,16H,3-5,11-12H2,1-2H3,(H,23,25). The molecule has 1 aliphatic rings. The summed E-state index contributed by atoms with van der Waals surface area (Å²) in [4.78, 5) is 14.8. The molecule has 1 heterocycles. The van der Waals surface area contributed by atoms with Crippen molar-refractivity contribution in [3.63, 3.8) is 0 Å². The third kappa shape index (κ3) is 4.54. The average molecular weight is 356 g/mol. The van der Waals surface area contributed by atoms with Crippen molar-refractivity contribution in [2.24, 2.45) is 0 Å². The van der Waals surface area contributed by atoms with E-state index in [0.29, 0.717) is 11.4 Å². The molecule has 1 fully saturated rings. The number of benzene rings is 2. The van der Waals surface area contributed by atoms with Gasteiger partial charge in [-0.2, -0.15) is 0 Å². The van der Waals surface area contributed by atoms with E-state index in [0.717, 1.165) is 37.2 Å². The summed E-state index contributed by atoms with van der Waals surface area (Å²) in [5, 5.41) is 2.84. The zero-order valence-electron chi connectivity index (χ0n) is 15.3. The lowest BCUT2D eigenvalue weighted by Crippen LogP contribution is -2.33. The summed E-state index contributed by atoms with van der Waals surface area (Å²) >= 11 is 0. The Morgan fingerprint density at radius 3 is 2.65 bits per heavy atom. The second kappa shape index (κ2) is 8.21. The fourth-order valence-electron chi connectivity index (χ4n) is 3.20. The number of piperidine rings is 1. The summed E-state index contributed by atoms with van der Waals surface area (Å²) in [5.74, 6) is -0.0215. The van der Waals surface area contributed by atoms with Gasteiger partial charge < -0.3 is 15.0 Å². The molecule has 0 aromatic heterocycles. The molecule has 0 saturated carbocycles. The van der Waals surface area contributed by atoms with Crippen molar-refractivity contribution in [1.82, 2.24) is 0 Å². The average Bonchev–Trinajstić information content (AvgIpc) is 2.62. The van der Waals surface area contributed by atoms with Crippen LogP contribution >= 0.6 is 0 Å². The molecule has 0 spiro atoms. The molecule has 0 radical (unpaired) electrons. The maximum atomic E-state index is 13.8. The van der Waals surface area contributed by atoms with Crippen LogP contribution < -0.4 is 15.0 Å². The van der Waals surface area contributed by atoms with Gasteiger partial charge in [0.15, 0.2) is 6.10 Å². The molecule has 3 rings (SSSR count). The van der Waals surface area contributed by atoms with Gasteiger partial charge in [-0.05, 0) is 69.0 Å². The molecule has 1 N–H and O–H groups in total. The Bertz CT molecular complexity index is 772. The predicted octanol–water partition coefficient (Wildman–Crippen LogP) is 4.53. The Labute approximate surface area is 154 Å². The van der Waals surface area contributed by atoms with Crippen LogP contribution in [0.2, 0.25) is 0 Å². The number of carbonyl (C=O) groups excluding carboxylic acids is 1. The van der Waals surface area contributed by atoms with Crippen LogP contribution in [0.5, 0.6) is 5.75 Å². The molecule has 1 atom stereocenters. The van der Waals surface area contributed by atoms with Crippen molar-refractivity contribution in [3.05, 3.63) is 53.8 Å². The number of rotatable bonds is 5. The normalized spacial score (nSPS) is 15.4. The van der Waals surface area contributed by atoms with Crippen LogP contribution in [0.3, 0.4) is 0 Å². The van der Waals surface area contributed by atoms with Crippen LogP contribution in [0.1, 0.15) is 31.7 Å². The van der Waals surface area contributed by atoms with Gasteiger partial charge in [0.2, 0.25) is 0 Å². The lowest BCUT2D eigenvalue weighted by atomic mass is 10.1. The van der Waals surface area contributed by atoms with E-state index in [4.69, 9.17) is 4.74 Å². The molecule has 1 amide bonds. The number of nitrogens with one attached hydrogen (secondary N) is 1. The minimum atomic E-state index is -0.686. The molecule has 1 aliphatic heterocycles. The summed E-state index contributed by atoms with van der Waals surface area (Å²) in [7, 11) is 0. The van der Waals surface area contributed by atoms with Crippen LogP contribution in [0.25, 0.3) is 0 Å². The highest BCUT2D eigenvalue weighted by Crippen LogP contribution is 2.29. The fourth-order valence-corrected chi connectivity index (χ4v) is 3.20. The molecule has 2 aromatic rings.